The van der Waals surface area contributed by atoms with Crippen molar-refractivity contribution in [2.45, 2.75) is 32.2 Å². The summed E-state index contributed by atoms with van der Waals surface area (Å²) in [6, 6.07) is -0.879. The van der Waals surface area contributed by atoms with Crippen molar-refractivity contribution in [2.75, 3.05) is 18.8 Å². The summed E-state index contributed by atoms with van der Waals surface area (Å²) in [7, 11) is 0. The minimum atomic E-state index is -1.04. The minimum absolute atomic E-state index is 0.0114. The van der Waals surface area contributed by atoms with Crippen LogP contribution in [0.25, 0.3) is 0 Å². The highest BCUT2D eigenvalue weighted by Crippen LogP contribution is 2.17. The Labute approximate surface area is 117 Å². The molecule has 6 nitrogen and oxygen atoms in total. The first-order valence-electron chi connectivity index (χ1n) is 6.35. The molecule has 2 N–H and O–H groups in total. The van der Waals surface area contributed by atoms with Crippen molar-refractivity contribution in [3.63, 3.8) is 0 Å². The van der Waals surface area contributed by atoms with Gasteiger partial charge < -0.3 is 15.3 Å². The highest BCUT2D eigenvalue weighted by atomic mass is 32.1. The molecule has 0 aromatic carbocycles. The van der Waals surface area contributed by atoms with Crippen molar-refractivity contribution in [2.24, 2.45) is 5.92 Å². The second-order valence-corrected chi connectivity index (χ2v) is 5.14. The predicted molar refractivity (Wildman–Crippen MR) is 73.0 cm³/mol. The van der Waals surface area contributed by atoms with Gasteiger partial charge in [0.25, 0.3) is 0 Å². The van der Waals surface area contributed by atoms with Gasteiger partial charge in [-0.1, -0.05) is 0 Å². The summed E-state index contributed by atoms with van der Waals surface area (Å²) in [5.41, 5.74) is 0. The molecule has 1 atom stereocenters. The quantitative estimate of drug-likeness (QED) is 0.628. The van der Waals surface area contributed by atoms with E-state index < -0.39 is 12.0 Å². The van der Waals surface area contributed by atoms with E-state index in [2.05, 4.69) is 17.9 Å². The molecule has 108 valence electrons. The van der Waals surface area contributed by atoms with E-state index in [1.165, 1.54) is 6.92 Å². The number of carbonyl (C=O) groups excluding carboxylic acids is 2. The van der Waals surface area contributed by atoms with E-state index in [4.69, 9.17) is 5.11 Å². The molecule has 0 saturated carbocycles. The monoisotopic (exact) mass is 288 g/mol. The number of rotatable bonds is 5. The zero-order chi connectivity index (χ0) is 14.4. The highest BCUT2D eigenvalue weighted by Gasteiger charge is 2.28. The Kier molecular flexibility index (Phi) is 6.14. The highest BCUT2D eigenvalue weighted by molar-refractivity contribution is 7.80. The van der Waals surface area contributed by atoms with E-state index in [0.29, 0.717) is 38.1 Å². The van der Waals surface area contributed by atoms with E-state index in [9.17, 15) is 14.4 Å². The van der Waals surface area contributed by atoms with E-state index in [0.717, 1.165) is 0 Å². The van der Waals surface area contributed by atoms with Crippen molar-refractivity contribution in [1.82, 2.24) is 10.2 Å². The number of aliphatic carboxylic acids is 1. The van der Waals surface area contributed by atoms with Crippen LogP contribution < -0.4 is 5.32 Å². The molecule has 0 aromatic rings. The Morgan fingerprint density at radius 2 is 1.95 bits per heavy atom. The topological polar surface area (TPSA) is 86.7 Å². The number of hydrogen-bond donors (Lipinski definition) is 3. The number of likely N-dealkylation sites (tertiary alicyclic amines) is 1. The maximum absolute atomic E-state index is 12.0. The molecule has 0 spiro atoms. The van der Waals surface area contributed by atoms with E-state index in [-0.39, 0.29) is 17.7 Å². The Hall–Kier alpha value is -1.24. The number of amides is 2. The number of nitrogens with zero attached hydrogens (tertiary/aromatic N) is 1. The molecule has 1 rings (SSSR count). The zero-order valence-electron chi connectivity index (χ0n) is 11.0. The van der Waals surface area contributed by atoms with Gasteiger partial charge in [0, 0.05) is 25.9 Å². The third-order valence-corrected chi connectivity index (χ3v) is 3.60. The molecule has 2 amide bonds. The second kappa shape index (κ2) is 7.37. The fraction of sp³-hybridized carbons (Fsp3) is 0.750. The molecule has 7 heteroatoms. The zero-order valence-corrected chi connectivity index (χ0v) is 11.9. The van der Waals surface area contributed by atoms with Gasteiger partial charge in [-0.2, -0.15) is 12.6 Å². The number of thiol groups is 1. The van der Waals surface area contributed by atoms with Crippen LogP contribution in [-0.4, -0.2) is 52.7 Å². The van der Waals surface area contributed by atoms with Crippen LogP contribution in [0.2, 0.25) is 0 Å². The van der Waals surface area contributed by atoms with Gasteiger partial charge in [-0.15, -0.1) is 0 Å². The number of carboxylic acids is 1. The molecule has 0 bridgehead atoms. The van der Waals surface area contributed by atoms with Gasteiger partial charge in [0.2, 0.25) is 11.8 Å². The fourth-order valence-corrected chi connectivity index (χ4v) is 2.39. The Bertz CT molecular complexity index is 354. The lowest BCUT2D eigenvalue weighted by atomic mass is 9.95. The molecule has 1 saturated heterocycles. The first-order valence-corrected chi connectivity index (χ1v) is 6.98. The maximum atomic E-state index is 12.0. The van der Waals surface area contributed by atoms with Crippen LogP contribution in [0.5, 0.6) is 0 Å². The maximum Gasteiger partial charge on any atom is 0.326 e. The number of hydrogen-bond acceptors (Lipinski definition) is 4. The summed E-state index contributed by atoms with van der Waals surface area (Å²) in [5, 5.41) is 11.5. The largest absolute Gasteiger partial charge is 0.480 e. The van der Waals surface area contributed by atoms with Gasteiger partial charge in [0.05, 0.1) is 0 Å². The van der Waals surface area contributed by atoms with E-state index in [1.807, 2.05) is 0 Å². The summed E-state index contributed by atoms with van der Waals surface area (Å²) in [4.78, 5) is 35.8. The fourth-order valence-electron chi connectivity index (χ4n) is 2.13. The molecule has 1 aliphatic heterocycles. The van der Waals surface area contributed by atoms with Crippen LogP contribution >= 0.6 is 12.6 Å². The standard InChI is InChI=1S/C12H20N2O4S/c1-8(15)14-5-2-9(3-6-14)11(16)13-10(4-7-19)12(17)18/h9-10,19H,2-7H2,1H3,(H,13,16)(H,17,18). The predicted octanol–water partition coefficient (Wildman–Crippen LogP) is 0.134. The second-order valence-electron chi connectivity index (χ2n) is 4.69. The average molecular weight is 288 g/mol. The Morgan fingerprint density at radius 1 is 1.37 bits per heavy atom. The van der Waals surface area contributed by atoms with Gasteiger partial charge in [-0.25, -0.2) is 4.79 Å². The molecule has 1 heterocycles. The van der Waals surface area contributed by atoms with Gasteiger partial charge in [0.15, 0.2) is 0 Å². The molecule has 1 unspecified atom stereocenters. The van der Waals surface area contributed by atoms with Crippen molar-refractivity contribution in [3.8, 4) is 0 Å². The first-order chi connectivity index (χ1) is 8.95. The molecule has 0 aliphatic carbocycles. The van der Waals surface area contributed by atoms with Crippen molar-refractivity contribution < 1.29 is 19.5 Å². The van der Waals surface area contributed by atoms with E-state index in [1.54, 1.807) is 4.90 Å². The molecule has 1 fully saturated rings. The summed E-state index contributed by atoms with van der Waals surface area (Å²) in [6.07, 6.45) is 1.47. The van der Waals surface area contributed by atoms with Crippen molar-refractivity contribution >= 4 is 30.4 Å². The first kappa shape index (κ1) is 15.8. The van der Waals surface area contributed by atoms with Crippen LogP contribution in [0.3, 0.4) is 0 Å². The van der Waals surface area contributed by atoms with Crippen molar-refractivity contribution in [1.29, 1.82) is 0 Å². The molecular formula is C12H20N2O4S. The molecule has 19 heavy (non-hydrogen) atoms. The van der Waals surface area contributed by atoms with Gasteiger partial charge >= 0.3 is 5.97 Å². The van der Waals surface area contributed by atoms with Crippen LogP contribution in [0.15, 0.2) is 0 Å². The van der Waals surface area contributed by atoms with Gasteiger partial charge in [-0.05, 0) is 25.0 Å². The number of carboxylic acid groups (broad SMARTS) is 1. The number of piperidine rings is 1. The number of carbonyl (C=O) groups is 3. The molecule has 0 aromatic heterocycles. The van der Waals surface area contributed by atoms with Crippen LogP contribution in [0.1, 0.15) is 26.2 Å². The Balaban J connectivity index is 2.46. The lowest BCUT2D eigenvalue weighted by Crippen LogP contribution is -2.47. The third kappa shape index (κ3) is 4.74. The van der Waals surface area contributed by atoms with Crippen molar-refractivity contribution in [3.05, 3.63) is 0 Å². The summed E-state index contributed by atoms with van der Waals surface area (Å²) in [5.74, 6) is -1.07. The lowest BCUT2D eigenvalue weighted by molar-refractivity contribution is -0.143. The smallest absolute Gasteiger partial charge is 0.326 e. The lowest BCUT2D eigenvalue weighted by Gasteiger charge is -2.31. The summed E-state index contributed by atoms with van der Waals surface area (Å²) >= 11 is 3.98. The molecule has 0 radical (unpaired) electrons. The summed E-state index contributed by atoms with van der Waals surface area (Å²) in [6.45, 7) is 2.61. The van der Waals surface area contributed by atoms with Crippen LogP contribution in [0, 0.1) is 5.92 Å². The third-order valence-electron chi connectivity index (χ3n) is 3.34. The van der Waals surface area contributed by atoms with Gasteiger partial charge in [-0.3, -0.25) is 9.59 Å². The number of nitrogens with one attached hydrogen (secondary N) is 1. The molecular weight excluding hydrogens is 268 g/mol. The Morgan fingerprint density at radius 3 is 2.37 bits per heavy atom. The molecule has 1 aliphatic rings. The van der Waals surface area contributed by atoms with Crippen LogP contribution in [-0.2, 0) is 14.4 Å². The van der Waals surface area contributed by atoms with Crippen LogP contribution in [0.4, 0.5) is 0 Å². The SMILES string of the molecule is CC(=O)N1CCC(C(=O)NC(CCS)C(=O)O)CC1. The van der Waals surface area contributed by atoms with Gasteiger partial charge in [0.1, 0.15) is 6.04 Å². The minimum Gasteiger partial charge on any atom is -0.480 e. The average Bonchev–Trinajstić information content (AvgIpc) is 2.38. The van der Waals surface area contributed by atoms with E-state index >= 15 is 0 Å². The summed E-state index contributed by atoms with van der Waals surface area (Å²) < 4.78 is 0. The normalized spacial score (nSPS) is 17.9.